The fourth-order valence-electron chi connectivity index (χ4n) is 2.17. The van der Waals surface area contributed by atoms with Gasteiger partial charge in [0.2, 0.25) is 0 Å². The Kier molecular flexibility index (Phi) is 7.38. The number of hydrogen-bond acceptors (Lipinski definition) is 3. The molecule has 0 heterocycles. The van der Waals surface area contributed by atoms with Crippen LogP contribution in [0.4, 0.5) is 0 Å². The van der Waals surface area contributed by atoms with E-state index in [2.05, 4.69) is 11.8 Å². The van der Waals surface area contributed by atoms with Crippen molar-refractivity contribution < 1.29 is 9.90 Å². The number of carbonyl (C=O) groups is 1. The van der Waals surface area contributed by atoms with Gasteiger partial charge in [0, 0.05) is 24.6 Å². The highest BCUT2D eigenvalue weighted by atomic mass is 16.3. The summed E-state index contributed by atoms with van der Waals surface area (Å²) in [6, 6.07) is 9.42. The topological polar surface area (TPSA) is 40.5 Å². The zero-order valence-electron chi connectivity index (χ0n) is 12.0. The minimum atomic E-state index is -0.0363. The zero-order valence-corrected chi connectivity index (χ0v) is 12.0. The van der Waals surface area contributed by atoms with E-state index < -0.39 is 0 Å². The Morgan fingerprint density at radius 1 is 1.26 bits per heavy atom. The molecule has 0 aliphatic heterocycles. The third-order valence-electron chi connectivity index (χ3n) is 3.28. The summed E-state index contributed by atoms with van der Waals surface area (Å²) in [4.78, 5) is 14.4. The number of carbonyl (C=O) groups excluding carboxylic acids is 1. The quantitative estimate of drug-likeness (QED) is 0.696. The van der Waals surface area contributed by atoms with Crippen LogP contribution in [-0.2, 0) is 0 Å². The molecule has 0 saturated heterocycles. The van der Waals surface area contributed by atoms with E-state index in [4.69, 9.17) is 5.11 Å². The summed E-state index contributed by atoms with van der Waals surface area (Å²) >= 11 is 0. The standard InChI is InChI=1S/C16H25NO2/c1-3-4-10-17(11-12-18)13-14(2)16(19)15-8-6-5-7-9-15/h5-9,14,18H,3-4,10-13H2,1-2H3. The summed E-state index contributed by atoms with van der Waals surface area (Å²) in [7, 11) is 0. The Balaban J connectivity index is 2.55. The Morgan fingerprint density at radius 2 is 1.95 bits per heavy atom. The minimum Gasteiger partial charge on any atom is -0.395 e. The summed E-state index contributed by atoms with van der Waals surface area (Å²) in [6.45, 7) is 6.57. The van der Waals surface area contributed by atoms with E-state index in [-0.39, 0.29) is 18.3 Å². The second-order valence-corrected chi connectivity index (χ2v) is 5.01. The van der Waals surface area contributed by atoms with E-state index in [0.29, 0.717) is 13.1 Å². The summed E-state index contributed by atoms with van der Waals surface area (Å²) in [5, 5.41) is 9.08. The highest BCUT2D eigenvalue weighted by molar-refractivity contribution is 5.97. The Bertz CT molecular complexity index is 364. The van der Waals surface area contributed by atoms with Crippen molar-refractivity contribution in [3.05, 3.63) is 35.9 Å². The van der Waals surface area contributed by atoms with Crippen molar-refractivity contribution in [2.24, 2.45) is 5.92 Å². The van der Waals surface area contributed by atoms with E-state index in [0.717, 1.165) is 24.9 Å². The number of rotatable bonds is 9. The zero-order chi connectivity index (χ0) is 14.1. The van der Waals surface area contributed by atoms with Crippen LogP contribution in [0.15, 0.2) is 30.3 Å². The predicted octanol–water partition coefficient (Wildman–Crippen LogP) is 2.60. The molecule has 1 rings (SSSR count). The van der Waals surface area contributed by atoms with Crippen molar-refractivity contribution in [3.63, 3.8) is 0 Å². The van der Waals surface area contributed by atoms with Crippen LogP contribution in [0.25, 0.3) is 0 Å². The number of benzene rings is 1. The first-order chi connectivity index (χ1) is 9.19. The average molecular weight is 263 g/mol. The van der Waals surface area contributed by atoms with Crippen LogP contribution in [0.3, 0.4) is 0 Å². The monoisotopic (exact) mass is 263 g/mol. The van der Waals surface area contributed by atoms with Crippen molar-refractivity contribution in [3.8, 4) is 0 Å². The van der Waals surface area contributed by atoms with Gasteiger partial charge in [0.25, 0.3) is 0 Å². The first-order valence-electron chi connectivity index (χ1n) is 7.11. The maximum Gasteiger partial charge on any atom is 0.166 e. The van der Waals surface area contributed by atoms with Crippen LogP contribution in [0.2, 0.25) is 0 Å². The Morgan fingerprint density at radius 3 is 2.53 bits per heavy atom. The molecule has 0 radical (unpaired) electrons. The van der Waals surface area contributed by atoms with Crippen molar-refractivity contribution >= 4 is 5.78 Å². The average Bonchev–Trinajstić information content (AvgIpc) is 2.45. The number of aliphatic hydroxyl groups excluding tert-OH is 1. The van der Waals surface area contributed by atoms with Crippen LogP contribution in [0, 0.1) is 5.92 Å². The molecule has 0 amide bonds. The molecule has 1 unspecified atom stereocenters. The van der Waals surface area contributed by atoms with E-state index in [1.807, 2.05) is 37.3 Å². The normalized spacial score (nSPS) is 12.6. The van der Waals surface area contributed by atoms with E-state index in [1.165, 1.54) is 0 Å². The van der Waals surface area contributed by atoms with Crippen LogP contribution < -0.4 is 0 Å². The molecule has 19 heavy (non-hydrogen) atoms. The van der Waals surface area contributed by atoms with Gasteiger partial charge >= 0.3 is 0 Å². The number of hydrogen-bond donors (Lipinski definition) is 1. The fourth-order valence-corrected chi connectivity index (χ4v) is 2.17. The minimum absolute atomic E-state index is 0.0363. The molecule has 0 aliphatic rings. The Labute approximate surface area is 116 Å². The van der Waals surface area contributed by atoms with Crippen LogP contribution in [0.1, 0.15) is 37.0 Å². The summed E-state index contributed by atoms with van der Waals surface area (Å²) < 4.78 is 0. The van der Waals surface area contributed by atoms with Gasteiger partial charge in [-0.05, 0) is 13.0 Å². The number of ketones is 1. The molecule has 1 N–H and O–H groups in total. The molecule has 1 atom stereocenters. The van der Waals surface area contributed by atoms with Crippen molar-refractivity contribution in [1.29, 1.82) is 0 Å². The van der Waals surface area contributed by atoms with Gasteiger partial charge in [-0.3, -0.25) is 4.79 Å². The fraction of sp³-hybridized carbons (Fsp3) is 0.562. The third-order valence-corrected chi connectivity index (χ3v) is 3.28. The van der Waals surface area contributed by atoms with Crippen molar-refractivity contribution in [1.82, 2.24) is 4.90 Å². The maximum atomic E-state index is 12.3. The third kappa shape index (κ3) is 5.53. The smallest absolute Gasteiger partial charge is 0.166 e. The van der Waals surface area contributed by atoms with Gasteiger partial charge in [-0.2, -0.15) is 0 Å². The van der Waals surface area contributed by atoms with E-state index in [1.54, 1.807) is 0 Å². The molecular formula is C16H25NO2. The lowest BCUT2D eigenvalue weighted by molar-refractivity contribution is 0.0880. The largest absolute Gasteiger partial charge is 0.395 e. The molecule has 0 bridgehead atoms. The molecule has 3 nitrogen and oxygen atoms in total. The Hall–Kier alpha value is -1.19. The summed E-state index contributed by atoms with van der Waals surface area (Å²) in [5.41, 5.74) is 0.773. The van der Waals surface area contributed by atoms with Crippen LogP contribution >= 0.6 is 0 Å². The summed E-state index contributed by atoms with van der Waals surface area (Å²) in [5.74, 6) is 0.144. The van der Waals surface area contributed by atoms with Gasteiger partial charge < -0.3 is 10.0 Å². The first kappa shape index (κ1) is 15.9. The van der Waals surface area contributed by atoms with Gasteiger partial charge in [0.1, 0.15) is 0 Å². The van der Waals surface area contributed by atoms with Crippen LogP contribution in [0.5, 0.6) is 0 Å². The second-order valence-electron chi connectivity index (χ2n) is 5.01. The molecule has 106 valence electrons. The lowest BCUT2D eigenvalue weighted by Crippen LogP contribution is -2.34. The van der Waals surface area contributed by atoms with E-state index >= 15 is 0 Å². The van der Waals surface area contributed by atoms with E-state index in [9.17, 15) is 4.79 Å². The number of Topliss-reactive ketones (excluding diaryl/α,β-unsaturated/α-hetero) is 1. The molecule has 3 heteroatoms. The lowest BCUT2D eigenvalue weighted by atomic mass is 9.99. The van der Waals surface area contributed by atoms with Gasteiger partial charge in [-0.25, -0.2) is 0 Å². The van der Waals surface area contributed by atoms with Gasteiger partial charge in [-0.1, -0.05) is 50.6 Å². The highest BCUT2D eigenvalue weighted by Gasteiger charge is 2.17. The predicted molar refractivity (Wildman–Crippen MR) is 78.4 cm³/mol. The molecule has 1 aromatic rings. The molecule has 0 saturated carbocycles. The lowest BCUT2D eigenvalue weighted by Gasteiger charge is -2.24. The maximum absolute atomic E-state index is 12.3. The molecule has 0 spiro atoms. The van der Waals surface area contributed by atoms with Gasteiger partial charge in [-0.15, -0.1) is 0 Å². The van der Waals surface area contributed by atoms with Gasteiger partial charge in [0.05, 0.1) is 6.61 Å². The SMILES string of the molecule is CCCCN(CCO)CC(C)C(=O)c1ccccc1. The van der Waals surface area contributed by atoms with Gasteiger partial charge in [0.15, 0.2) is 5.78 Å². The van der Waals surface area contributed by atoms with Crippen LogP contribution in [-0.4, -0.2) is 42.0 Å². The second kappa shape index (κ2) is 8.83. The number of aliphatic hydroxyl groups is 1. The molecule has 0 fully saturated rings. The first-order valence-corrected chi connectivity index (χ1v) is 7.11. The molecule has 0 aliphatic carbocycles. The highest BCUT2D eigenvalue weighted by Crippen LogP contribution is 2.10. The molecular weight excluding hydrogens is 238 g/mol. The molecule has 1 aromatic carbocycles. The van der Waals surface area contributed by atoms with Crippen molar-refractivity contribution in [2.75, 3.05) is 26.2 Å². The summed E-state index contributed by atoms with van der Waals surface area (Å²) in [6.07, 6.45) is 2.23. The number of unbranched alkanes of at least 4 members (excludes halogenated alkanes) is 1. The van der Waals surface area contributed by atoms with Crippen molar-refractivity contribution in [2.45, 2.75) is 26.7 Å². The molecule has 0 aromatic heterocycles. The number of nitrogens with zero attached hydrogens (tertiary/aromatic N) is 1.